The fourth-order valence-electron chi connectivity index (χ4n) is 1.52. The summed E-state index contributed by atoms with van der Waals surface area (Å²) in [4.78, 5) is 10.6. The zero-order valence-corrected chi connectivity index (χ0v) is 8.65. The molecule has 0 fully saturated rings. The molecule has 2 rings (SSSR count). The summed E-state index contributed by atoms with van der Waals surface area (Å²) in [5.74, 6) is -2.92. The van der Waals surface area contributed by atoms with Crippen LogP contribution in [-0.2, 0) is 0 Å². The van der Waals surface area contributed by atoms with E-state index in [1.165, 1.54) is 36.4 Å². The Bertz CT molecular complexity index is 562. The quantitative estimate of drug-likeness (QED) is 0.865. The SMILES string of the molecule is O=C(O)c1ccc(-c2cccc(F)c2F)cc1. The summed E-state index contributed by atoms with van der Waals surface area (Å²) in [5, 5.41) is 8.71. The van der Waals surface area contributed by atoms with Gasteiger partial charge in [0.25, 0.3) is 0 Å². The highest BCUT2D eigenvalue weighted by molar-refractivity contribution is 5.88. The van der Waals surface area contributed by atoms with Crippen LogP contribution in [0.15, 0.2) is 42.5 Å². The molecule has 0 saturated heterocycles. The Balaban J connectivity index is 2.47. The van der Waals surface area contributed by atoms with E-state index in [1.807, 2.05) is 0 Å². The van der Waals surface area contributed by atoms with Crippen molar-refractivity contribution < 1.29 is 18.7 Å². The van der Waals surface area contributed by atoms with Crippen LogP contribution >= 0.6 is 0 Å². The fourth-order valence-corrected chi connectivity index (χ4v) is 1.52. The van der Waals surface area contributed by atoms with Crippen molar-refractivity contribution >= 4 is 5.97 Å². The van der Waals surface area contributed by atoms with Gasteiger partial charge in [0, 0.05) is 5.56 Å². The number of halogens is 2. The van der Waals surface area contributed by atoms with Crippen molar-refractivity contribution in [3.8, 4) is 11.1 Å². The van der Waals surface area contributed by atoms with Crippen LogP contribution in [0, 0.1) is 11.6 Å². The van der Waals surface area contributed by atoms with E-state index in [2.05, 4.69) is 0 Å². The molecule has 2 aromatic rings. The molecular formula is C13H8F2O2. The molecule has 0 aliphatic rings. The molecular weight excluding hydrogens is 226 g/mol. The maximum atomic E-state index is 13.5. The Labute approximate surface area is 96.1 Å². The van der Waals surface area contributed by atoms with Gasteiger partial charge in [-0.2, -0.15) is 0 Å². The summed E-state index contributed by atoms with van der Waals surface area (Å²) in [5.41, 5.74) is 0.652. The van der Waals surface area contributed by atoms with E-state index in [9.17, 15) is 13.6 Å². The normalized spacial score (nSPS) is 10.2. The van der Waals surface area contributed by atoms with Gasteiger partial charge in [-0.3, -0.25) is 0 Å². The molecule has 0 aliphatic carbocycles. The number of carboxylic acid groups (broad SMARTS) is 1. The third-order valence-corrected chi connectivity index (χ3v) is 2.39. The molecule has 17 heavy (non-hydrogen) atoms. The molecule has 0 amide bonds. The van der Waals surface area contributed by atoms with E-state index < -0.39 is 17.6 Å². The third kappa shape index (κ3) is 2.15. The Morgan fingerprint density at radius 3 is 2.24 bits per heavy atom. The first-order chi connectivity index (χ1) is 8.09. The second-order valence-corrected chi connectivity index (χ2v) is 3.48. The van der Waals surface area contributed by atoms with Crippen molar-refractivity contribution in [1.82, 2.24) is 0 Å². The lowest BCUT2D eigenvalue weighted by Crippen LogP contribution is -1.95. The van der Waals surface area contributed by atoms with E-state index in [1.54, 1.807) is 0 Å². The van der Waals surface area contributed by atoms with Gasteiger partial charge in [-0.05, 0) is 23.8 Å². The maximum Gasteiger partial charge on any atom is 0.335 e. The van der Waals surface area contributed by atoms with E-state index >= 15 is 0 Å². The van der Waals surface area contributed by atoms with Crippen LogP contribution < -0.4 is 0 Å². The highest BCUT2D eigenvalue weighted by atomic mass is 19.2. The molecule has 0 saturated carbocycles. The van der Waals surface area contributed by atoms with Gasteiger partial charge < -0.3 is 5.11 Å². The summed E-state index contributed by atoms with van der Waals surface area (Å²) in [6.45, 7) is 0. The number of hydrogen-bond acceptors (Lipinski definition) is 1. The number of hydrogen-bond donors (Lipinski definition) is 1. The molecule has 0 radical (unpaired) electrons. The van der Waals surface area contributed by atoms with Gasteiger partial charge in [0.05, 0.1) is 5.56 Å². The fraction of sp³-hybridized carbons (Fsp3) is 0. The van der Waals surface area contributed by atoms with Gasteiger partial charge in [0.15, 0.2) is 11.6 Å². The number of aromatic carboxylic acids is 1. The Kier molecular flexibility index (Phi) is 2.87. The van der Waals surface area contributed by atoms with Gasteiger partial charge in [-0.15, -0.1) is 0 Å². The predicted octanol–water partition coefficient (Wildman–Crippen LogP) is 3.33. The molecule has 86 valence electrons. The van der Waals surface area contributed by atoms with Crippen LogP contribution in [0.2, 0.25) is 0 Å². The Morgan fingerprint density at radius 1 is 1.00 bits per heavy atom. The van der Waals surface area contributed by atoms with Crippen molar-refractivity contribution in [2.45, 2.75) is 0 Å². The minimum absolute atomic E-state index is 0.102. The van der Waals surface area contributed by atoms with E-state index in [-0.39, 0.29) is 11.1 Å². The average Bonchev–Trinajstić information content (AvgIpc) is 2.33. The van der Waals surface area contributed by atoms with E-state index in [4.69, 9.17) is 5.11 Å². The van der Waals surface area contributed by atoms with Gasteiger partial charge in [-0.25, -0.2) is 13.6 Å². The molecule has 0 bridgehead atoms. The lowest BCUT2D eigenvalue weighted by atomic mass is 10.0. The van der Waals surface area contributed by atoms with Crippen LogP contribution in [0.1, 0.15) is 10.4 Å². The highest BCUT2D eigenvalue weighted by Crippen LogP contribution is 2.24. The molecule has 1 N–H and O–H groups in total. The molecule has 0 spiro atoms. The van der Waals surface area contributed by atoms with Crippen molar-refractivity contribution in [3.63, 3.8) is 0 Å². The van der Waals surface area contributed by atoms with Crippen molar-refractivity contribution in [2.24, 2.45) is 0 Å². The van der Waals surface area contributed by atoms with Crippen LogP contribution in [0.25, 0.3) is 11.1 Å². The van der Waals surface area contributed by atoms with Crippen LogP contribution in [0.3, 0.4) is 0 Å². The maximum absolute atomic E-state index is 13.5. The van der Waals surface area contributed by atoms with Crippen molar-refractivity contribution in [1.29, 1.82) is 0 Å². The number of carbonyl (C=O) groups is 1. The van der Waals surface area contributed by atoms with Crippen LogP contribution in [0.5, 0.6) is 0 Å². The highest BCUT2D eigenvalue weighted by Gasteiger charge is 2.10. The summed E-state index contributed by atoms with van der Waals surface area (Å²) < 4.78 is 26.5. The van der Waals surface area contributed by atoms with E-state index in [0.717, 1.165) is 6.07 Å². The summed E-state index contributed by atoms with van der Waals surface area (Å²) in [6.07, 6.45) is 0. The smallest absolute Gasteiger partial charge is 0.335 e. The molecule has 0 unspecified atom stereocenters. The third-order valence-electron chi connectivity index (χ3n) is 2.39. The van der Waals surface area contributed by atoms with Gasteiger partial charge in [-0.1, -0.05) is 24.3 Å². The van der Waals surface area contributed by atoms with Crippen molar-refractivity contribution in [3.05, 3.63) is 59.7 Å². The summed E-state index contributed by atoms with van der Waals surface area (Å²) >= 11 is 0. The average molecular weight is 234 g/mol. The molecule has 2 nitrogen and oxygen atoms in total. The van der Waals surface area contributed by atoms with Crippen molar-refractivity contribution in [2.75, 3.05) is 0 Å². The van der Waals surface area contributed by atoms with Crippen LogP contribution in [-0.4, -0.2) is 11.1 Å². The minimum atomic E-state index is -1.06. The molecule has 0 heterocycles. The first kappa shape index (κ1) is 11.3. The van der Waals surface area contributed by atoms with Crippen LogP contribution in [0.4, 0.5) is 8.78 Å². The van der Waals surface area contributed by atoms with Gasteiger partial charge in [0.1, 0.15) is 0 Å². The Hall–Kier alpha value is -2.23. The lowest BCUT2D eigenvalue weighted by Gasteiger charge is -2.04. The zero-order valence-electron chi connectivity index (χ0n) is 8.65. The van der Waals surface area contributed by atoms with Gasteiger partial charge in [0.2, 0.25) is 0 Å². The predicted molar refractivity (Wildman–Crippen MR) is 58.8 cm³/mol. The second-order valence-electron chi connectivity index (χ2n) is 3.48. The molecule has 0 atom stereocenters. The minimum Gasteiger partial charge on any atom is -0.478 e. The monoisotopic (exact) mass is 234 g/mol. The molecule has 0 aromatic heterocycles. The molecule has 4 heteroatoms. The number of benzene rings is 2. The number of rotatable bonds is 2. The molecule has 2 aromatic carbocycles. The first-order valence-electron chi connectivity index (χ1n) is 4.87. The number of carboxylic acids is 1. The second kappa shape index (κ2) is 4.33. The topological polar surface area (TPSA) is 37.3 Å². The molecule has 0 aliphatic heterocycles. The largest absolute Gasteiger partial charge is 0.478 e. The zero-order chi connectivity index (χ0) is 12.4. The first-order valence-corrected chi connectivity index (χ1v) is 4.87. The van der Waals surface area contributed by atoms with Gasteiger partial charge >= 0.3 is 5.97 Å². The Morgan fingerprint density at radius 2 is 1.65 bits per heavy atom. The summed E-state index contributed by atoms with van der Waals surface area (Å²) in [6, 6.07) is 9.46. The standard InChI is InChI=1S/C13H8F2O2/c14-11-3-1-2-10(12(11)15)8-4-6-9(7-5-8)13(16)17/h1-7H,(H,16,17). The van der Waals surface area contributed by atoms with E-state index in [0.29, 0.717) is 5.56 Å². The lowest BCUT2D eigenvalue weighted by molar-refractivity contribution is 0.0697. The summed E-state index contributed by atoms with van der Waals surface area (Å²) in [7, 11) is 0.